The number of carboxylic acid groups (broad SMARTS) is 1. The normalized spacial score (nSPS) is 10.8. The molecule has 0 radical (unpaired) electrons. The number of H-pyrrole nitrogens is 2. The second kappa shape index (κ2) is 4.20. The number of fused-ring (bicyclic) bond motifs is 1. The Balaban J connectivity index is 2.23. The van der Waals surface area contributed by atoms with E-state index in [1.807, 2.05) is 37.4 Å². The maximum absolute atomic E-state index is 11.5. The second-order valence-electron chi connectivity index (χ2n) is 4.31. The highest BCUT2D eigenvalue weighted by molar-refractivity contribution is 6.09. The number of nitrogens with zero attached hydrogens (tertiary/aromatic N) is 1. The molecular weight excluding hydrogens is 242 g/mol. The first-order valence-electron chi connectivity index (χ1n) is 5.89. The summed E-state index contributed by atoms with van der Waals surface area (Å²) in [6, 6.07) is 11.1. The van der Waals surface area contributed by atoms with E-state index in [0.717, 1.165) is 11.3 Å². The molecule has 96 valence electrons. The van der Waals surface area contributed by atoms with Crippen molar-refractivity contribution in [2.45, 2.75) is 0 Å². The monoisotopic (exact) mass is 255 g/mol. The lowest BCUT2D eigenvalue weighted by atomic mass is 10.1. The topological polar surface area (TPSA) is 72.1 Å². The van der Waals surface area contributed by atoms with Crippen LogP contribution in [-0.2, 0) is 0 Å². The molecule has 0 saturated carbocycles. The molecule has 0 atom stereocenters. The molecule has 3 aromatic rings. The second-order valence-corrected chi connectivity index (χ2v) is 4.31. The van der Waals surface area contributed by atoms with Crippen LogP contribution in [0.5, 0.6) is 0 Å². The molecule has 5 nitrogen and oxygen atoms in total. The largest absolute Gasteiger partial charge is 0.478 e. The third kappa shape index (κ3) is 1.76. The fourth-order valence-corrected chi connectivity index (χ4v) is 2.25. The minimum atomic E-state index is -0.939. The van der Waals surface area contributed by atoms with Gasteiger partial charge in [-0.15, -0.1) is 0 Å². The zero-order valence-corrected chi connectivity index (χ0v) is 10.3. The number of carbonyl (C=O) groups is 1. The van der Waals surface area contributed by atoms with Crippen molar-refractivity contribution in [2.75, 3.05) is 11.9 Å². The van der Waals surface area contributed by atoms with Crippen LogP contribution in [0, 0.1) is 0 Å². The Morgan fingerprint density at radius 2 is 2.00 bits per heavy atom. The van der Waals surface area contributed by atoms with E-state index < -0.39 is 5.97 Å². The molecular formula is C14H13N3O2. The molecule has 2 heterocycles. The fourth-order valence-electron chi connectivity index (χ4n) is 2.25. The van der Waals surface area contributed by atoms with E-state index in [-0.39, 0.29) is 5.56 Å². The first kappa shape index (κ1) is 11.4. The Hall–Kier alpha value is -2.69. The summed E-state index contributed by atoms with van der Waals surface area (Å²) in [5.41, 5.74) is 1.10. The molecule has 1 aromatic carbocycles. The van der Waals surface area contributed by atoms with Crippen molar-refractivity contribution in [3.63, 3.8) is 0 Å². The van der Waals surface area contributed by atoms with E-state index in [1.165, 1.54) is 0 Å². The van der Waals surface area contributed by atoms with Gasteiger partial charge in [0.2, 0.25) is 0 Å². The highest BCUT2D eigenvalue weighted by Gasteiger charge is 2.21. The Labute approximate surface area is 109 Å². The van der Waals surface area contributed by atoms with Gasteiger partial charge in [-0.1, -0.05) is 18.2 Å². The van der Waals surface area contributed by atoms with Crippen LogP contribution in [0.25, 0.3) is 10.9 Å². The Morgan fingerprint density at radius 3 is 2.68 bits per heavy atom. The van der Waals surface area contributed by atoms with Crippen LogP contribution in [0.3, 0.4) is 0 Å². The van der Waals surface area contributed by atoms with E-state index in [4.69, 9.17) is 0 Å². The predicted octanol–water partition coefficient (Wildman–Crippen LogP) is 2.96. The van der Waals surface area contributed by atoms with E-state index in [2.05, 4.69) is 9.97 Å². The van der Waals surface area contributed by atoms with Gasteiger partial charge in [0.25, 0.3) is 0 Å². The van der Waals surface area contributed by atoms with Gasteiger partial charge >= 0.3 is 5.97 Å². The molecule has 0 aliphatic rings. The molecule has 0 aliphatic heterocycles. The van der Waals surface area contributed by atoms with Crippen LogP contribution < -0.4 is 4.90 Å². The van der Waals surface area contributed by atoms with Gasteiger partial charge in [-0.25, -0.2) is 4.79 Å². The predicted molar refractivity (Wildman–Crippen MR) is 74.1 cm³/mol. The lowest BCUT2D eigenvalue weighted by molar-refractivity contribution is 0.0700. The molecule has 0 fully saturated rings. The average Bonchev–Trinajstić information content (AvgIpc) is 3.04. The maximum Gasteiger partial charge on any atom is 0.340 e. The summed E-state index contributed by atoms with van der Waals surface area (Å²) in [6.45, 7) is 0. The van der Waals surface area contributed by atoms with Crippen LogP contribution in [0.2, 0.25) is 0 Å². The van der Waals surface area contributed by atoms with Crippen LogP contribution >= 0.6 is 0 Å². The van der Waals surface area contributed by atoms with Crippen LogP contribution in [-0.4, -0.2) is 28.1 Å². The zero-order chi connectivity index (χ0) is 13.4. The molecule has 0 unspecified atom stereocenters. The lowest BCUT2D eigenvalue weighted by Gasteiger charge is -2.16. The van der Waals surface area contributed by atoms with Gasteiger partial charge < -0.3 is 20.0 Å². The number of carboxylic acids is 1. The maximum atomic E-state index is 11.5. The molecule has 2 aromatic heterocycles. The quantitative estimate of drug-likeness (QED) is 0.673. The number of rotatable bonds is 3. The number of nitrogens with one attached hydrogen (secondary N) is 2. The number of para-hydroxylation sites is 1. The van der Waals surface area contributed by atoms with E-state index >= 15 is 0 Å². The van der Waals surface area contributed by atoms with Crippen molar-refractivity contribution in [1.29, 1.82) is 0 Å². The summed E-state index contributed by atoms with van der Waals surface area (Å²) in [5.74, 6) is 0.455. The van der Waals surface area contributed by atoms with Crippen molar-refractivity contribution < 1.29 is 9.90 Å². The van der Waals surface area contributed by atoms with Crippen molar-refractivity contribution in [1.82, 2.24) is 9.97 Å². The Morgan fingerprint density at radius 1 is 1.21 bits per heavy atom. The molecule has 3 N–H and O–H groups in total. The number of aromatic carboxylic acids is 1. The van der Waals surface area contributed by atoms with Gasteiger partial charge in [0.05, 0.1) is 0 Å². The van der Waals surface area contributed by atoms with Gasteiger partial charge in [0.15, 0.2) is 0 Å². The third-order valence-electron chi connectivity index (χ3n) is 3.18. The number of benzene rings is 1. The van der Waals surface area contributed by atoms with E-state index in [1.54, 1.807) is 17.2 Å². The van der Waals surface area contributed by atoms with Gasteiger partial charge in [0, 0.05) is 24.1 Å². The Bertz CT molecular complexity index is 728. The van der Waals surface area contributed by atoms with Crippen LogP contribution in [0.1, 0.15) is 10.4 Å². The Kier molecular flexibility index (Phi) is 2.52. The summed E-state index contributed by atoms with van der Waals surface area (Å²) in [5, 5.41) is 10.2. The standard InChI is InChI=1S/C14H13N3O2/c1-17(11-7-4-8-15-11)13-12(14(18)19)9-5-2-3-6-10(9)16-13/h2-8,15-16H,1H3,(H,18,19). The minimum absolute atomic E-state index is 0.285. The van der Waals surface area contributed by atoms with E-state index in [0.29, 0.717) is 11.2 Å². The highest BCUT2D eigenvalue weighted by atomic mass is 16.4. The van der Waals surface area contributed by atoms with Crippen LogP contribution in [0.15, 0.2) is 42.6 Å². The number of hydrogen-bond donors (Lipinski definition) is 3. The molecule has 5 heteroatoms. The first-order chi connectivity index (χ1) is 9.18. The number of aromatic nitrogens is 2. The van der Waals surface area contributed by atoms with Crippen LogP contribution in [0.4, 0.5) is 11.6 Å². The van der Waals surface area contributed by atoms with Gasteiger partial charge in [0.1, 0.15) is 17.2 Å². The molecule has 0 bridgehead atoms. The summed E-state index contributed by atoms with van der Waals surface area (Å²) in [6.07, 6.45) is 1.80. The van der Waals surface area contributed by atoms with Crippen molar-refractivity contribution in [3.8, 4) is 0 Å². The molecule has 0 saturated heterocycles. The van der Waals surface area contributed by atoms with Crippen molar-refractivity contribution in [2.24, 2.45) is 0 Å². The average molecular weight is 255 g/mol. The smallest absolute Gasteiger partial charge is 0.340 e. The number of anilines is 2. The third-order valence-corrected chi connectivity index (χ3v) is 3.18. The molecule has 0 aliphatic carbocycles. The van der Waals surface area contributed by atoms with Gasteiger partial charge in [-0.3, -0.25) is 0 Å². The lowest BCUT2D eigenvalue weighted by Crippen LogP contribution is -2.13. The zero-order valence-electron chi connectivity index (χ0n) is 10.3. The van der Waals surface area contributed by atoms with Crippen molar-refractivity contribution in [3.05, 3.63) is 48.2 Å². The SMILES string of the molecule is CN(c1ccc[nH]1)c1[nH]c2ccccc2c1C(=O)O. The minimum Gasteiger partial charge on any atom is -0.478 e. The number of hydrogen-bond acceptors (Lipinski definition) is 2. The summed E-state index contributed by atoms with van der Waals surface area (Å²) >= 11 is 0. The van der Waals surface area contributed by atoms with Crippen molar-refractivity contribution >= 4 is 28.5 Å². The summed E-state index contributed by atoms with van der Waals surface area (Å²) in [7, 11) is 1.82. The molecule has 0 spiro atoms. The first-order valence-corrected chi connectivity index (χ1v) is 5.89. The number of aromatic amines is 2. The van der Waals surface area contributed by atoms with Gasteiger partial charge in [-0.05, 0) is 18.2 Å². The van der Waals surface area contributed by atoms with E-state index in [9.17, 15) is 9.90 Å². The molecule has 0 amide bonds. The van der Waals surface area contributed by atoms with Gasteiger partial charge in [-0.2, -0.15) is 0 Å². The summed E-state index contributed by atoms with van der Waals surface area (Å²) < 4.78 is 0. The fraction of sp³-hybridized carbons (Fsp3) is 0.0714. The molecule has 3 rings (SSSR count). The highest BCUT2D eigenvalue weighted by Crippen LogP contribution is 2.31. The summed E-state index contributed by atoms with van der Waals surface area (Å²) in [4.78, 5) is 19.5. The molecule has 19 heavy (non-hydrogen) atoms.